The number of aryl methyl sites for hydroxylation is 3. The summed E-state index contributed by atoms with van der Waals surface area (Å²) in [7, 11) is 0. The molecule has 2 aromatic carbocycles. The van der Waals surface area contributed by atoms with E-state index < -0.39 is 0 Å². The Hall–Kier alpha value is -3.45. The lowest BCUT2D eigenvalue weighted by Gasteiger charge is -2.28. The van der Waals surface area contributed by atoms with Gasteiger partial charge in [0, 0.05) is 36.1 Å². The Morgan fingerprint density at radius 3 is 2.39 bits per heavy atom. The molecule has 3 aromatic rings. The van der Waals surface area contributed by atoms with E-state index in [2.05, 4.69) is 25.5 Å². The number of hydrogen-bond acceptors (Lipinski definition) is 6. The maximum Gasteiger partial charge on any atom is 0.255 e. The van der Waals surface area contributed by atoms with Crippen LogP contribution in [0.15, 0.2) is 48.5 Å². The molecule has 0 aliphatic carbocycles. The van der Waals surface area contributed by atoms with Crippen LogP contribution in [0.2, 0.25) is 0 Å². The van der Waals surface area contributed by atoms with Crippen LogP contribution in [-0.4, -0.2) is 42.2 Å². The Balaban J connectivity index is 1.44. The van der Waals surface area contributed by atoms with Crippen molar-refractivity contribution in [3.05, 3.63) is 71.0 Å². The van der Waals surface area contributed by atoms with Gasteiger partial charge in [-0.15, -0.1) is 0 Å². The van der Waals surface area contributed by atoms with Crippen LogP contribution in [0.3, 0.4) is 0 Å². The van der Waals surface area contributed by atoms with Gasteiger partial charge in [0.05, 0.1) is 13.2 Å². The number of hydrogen-bond donors (Lipinski definition) is 2. The van der Waals surface area contributed by atoms with E-state index in [1.165, 1.54) is 0 Å². The highest BCUT2D eigenvalue weighted by Gasteiger charge is 2.14. The summed E-state index contributed by atoms with van der Waals surface area (Å²) in [6, 6.07) is 15.4. The number of amides is 1. The lowest BCUT2D eigenvalue weighted by molar-refractivity contribution is 0.102. The molecule has 1 aromatic heterocycles. The standard InChI is InChI=1S/C24H27N5O2/c1-16-4-5-17(2)21(14-16)24(30)28-20-8-6-19(7-9-20)27-22-15-23(26-18(3)25-22)29-10-12-31-13-11-29/h4-9,14-15H,10-13H2,1-3H3,(H,28,30)(H,25,26,27). The predicted molar refractivity (Wildman–Crippen MR) is 123 cm³/mol. The third-order valence-corrected chi connectivity index (χ3v) is 5.21. The first-order valence-electron chi connectivity index (χ1n) is 10.4. The van der Waals surface area contributed by atoms with Gasteiger partial charge in [0.15, 0.2) is 0 Å². The molecule has 0 bridgehead atoms. The molecule has 1 aliphatic heterocycles. The zero-order valence-electron chi connectivity index (χ0n) is 18.1. The molecule has 31 heavy (non-hydrogen) atoms. The van der Waals surface area contributed by atoms with Crippen molar-refractivity contribution in [2.75, 3.05) is 41.8 Å². The van der Waals surface area contributed by atoms with Crippen LogP contribution in [0.4, 0.5) is 23.0 Å². The van der Waals surface area contributed by atoms with Crippen molar-refractivity contribution in [2.24, 2.45) is 0 Å². The average Bonchev–Trinajstić information content (AvgIpc) is 2.77. The number of ether oxygens (including phenoxy) is 1. The molecule has 160 valence electrons. The van der Waals surface area contributed by atoms with Crippen LogP contribution in [0.1, 0.15) is 27.3 Å². The van der Waals surface area contributed by atoms with Crippen LogP contribution in [-0.2, 0) is 4.74 Å². The van der Waals surface area contributed by atoms with Gasteiger partial charge >= 0.3 is 0 Å². The van der Waals surface area contributed by atoms with Gasteiger partial charge in [0.2, 0.25) is 0 Å². The fourth-order valence-electron chi connectivity index (χ4n) is 3.53. The van der Waals surface area contributed by atoms with Crippen LogP contribution >= 0.6 is 0 Å². The van der Waals surface area contributed by atoms with E-state index in [4.69, 9.17) is 4.74 Å². The molecule has 2 heterocycles. The molecule has 0 atom stereocenters. The molecule has 0 saturated carbocycles. The van der Waals surface area contributed by atoms with Crippen molar-refractivity contribution in [2.45, 2.75) is 20.8 Å². The third kappa shape index (κ3) is 5.19. The van der Waals surface area contributed by atoms with Crippen LogP contribution in [0.5, 0.6) is 0 Å². The third-order valence-electron chi connectivity index (χ3n) is 5.21. The molecule has 0 radical (unpaired) electrons. The van der Waals surface area contributed by atoms with E-state index in [0.29, 0.717) is 24.6 Å². The Bertz CT molecular complexity index is 1080. The Morgan fingerprint density at radius 2 is 1.65 bits per heavy atom. The van der Waals surface area contributed by atoms with Crippen molar-refractivity contribution in [3.8, 4) is 0 Å². The summed E-state index contributed by atoms with van der Waals surface area (Å²) < 4.78 is 5.43. The predicted octanol–water partition coefficient (Wildman–Crippen LogP) is 4.23. The fraction of sp³-hybridized carbons (Fsp3) is 0.292. The second-order valence-electron chi connectivity index (χ2n) is 7.73. The van der Waals surface area contributed by atoms with Gasteiger partial charge in [-0.1, -0.05) is 17.7 Å². The molecule has 1 saturated heterocycles. The molecule has 7 nitrogen and oxygen atoms in total. The fourth-order valence-corrected chi connectivity index (χ4v) is 3.53. The number of carbonyl (C=O) groups is 1. The summed E-state index contributed by atoms with van der Waals surface area (Å²) in [4.78, 5) is 23.9. The first kappa shape index (κ1) is 20.8. The quantitative estimate of drug-likeness (QED) is 0.647. The summed E-state index contributed by atoms with van der Waals surface area (Å²) in [6.07, 6.45) is 0. The zero-order chi connectivity index (χ0) is 21.8. The van der Waals surface area contributed by atoms with Crippen molar-refractivity contribution >= 4 is 28.9 Å². The van der Waals surface area contributed by atoms with Gasteiger partial charge in [0.1, 0.15) is 17.5 Å². The van der Waals surface area contributed by atoms with Crippen molar-refractivity contribution < 1.29 is 9.53 Å². The minimum absolute atomic E-state index is 0.108. The SMILES string of the molecule is Cc1ccc(C)c(C(=O)Nc2ccc(Nc3cc(N4CCOCC4)nc(C)n3)cc2)c1. The molecule has 7 heteroatoms. The Labute approximate surface area is 182 Å². The van der Waals surface area contributed by atoms with Crippen molar-refractivity contribution in [1.82, 2.24) is 9.97 Å². The summed E-state index contributed by atoms with van der Waals surface area (Å²) in [5, 5.41) is 6.30. The van der Waals surface area contributed by atoms with Crippen LogP contribution < -0.4 is 15.5 Å². The van der Waals surface area contributed by atoms with Gasteiger partial charge in [0.25, 0.3) is 5.91 Å². The number of anilines is 4. The number of aromatic nitrogens is 2. The molecule has 1 aliphatic rings. The van der Waals surface area contributed by atoms with Gasteiger partial charge in [-0.05, 0) is 56.7 Å². The van der Waals surface area contributed by atoms with Gasteiger partial charge < -0.3 is 20.3 Å². The Kier molecular flexibility index (Phi) is 6.13. The lowest BCUT2D eigenvalue weighted by atomic mass is 10.1. The first-order chi connectivity index (χ1) is 15.0. The minimum Gasteiger partial charge on any atom is -0.378 e. The average molecular weight is 418 g/mol. The van der Waals surface area contributed by atoms with E-state index in [0.717, 1.165) is 47.2 Å². The number of rotatable bonds is 5. The molecule has 1 fully saturated rings. The molecular weight excluding hydrogens is 390 g/mol. The Morgan fingerprint density at radius 1 is 0.935 bits per heavy atom. The number of carbonyl (C=O) groups excluding carboxylic acids is 1. The molecule has 1 amide bonds. The molecule has 4 rings (SSSR count). The van der Waals surface area contributed by atoms with Crippen LogP contribution in [0, 0.1) is 20.8 Å². The maximum absolute atomic E-state index is 12.6. The second kappa shape index (κ2) is 9.14. The van der Waals surface area contributed by atoms with Gasteiger partial charge in [-0.25, -0.2) is 9.97 Å². The highest BCUT2D eigenvalue weighted by Crippen LogP contribution is 2.22. The summed E-state index contributed by atoms with van der Waals surface area (Å²) in [6.45, 7) is 8.88. The van der Waals surface area contributed by atoms with Gasteiger partial charge in [-0.2, -0.15) is 0 Å². The highest BCUT2D eigenvalue weighted by molar-refractivity contribution is 6.05. The number of nitrogens with zero attached hydrogens (tertiary/aromatic N) is 3. The monoisotopic (exact) mass is 417 g/mol. The second-order valence-corrected chi connectivity index (χ2v) is 7.73. The first-order valence-corrected chi connectivity index (χ1v) is 10.4. The molecule has 2 N–H and O–H groups in total. The van der Waals surface area contributed by atoms with E-state index in [9.17, 15) is 4.79 Å². The smallest absolute Gasteiger partial charge is 0.255 e. The lowest BCUT2D eigenvalue weighted by Crippen LogP contribution is -2.36. The number of morpholine rings is 1. The van der Waals surface area contributed by atoms with E-state index in [1.807, 2.05) is 69.3 Å². The topological polar surface area (TPSA) is 79.4 Å². The summed E-state index contributed by atoms with van der Waals surface area (Å²) >= 11 is 0. The van der Waals surface area contributed by atoms with Crippen molar-refractivity contribution in [1.29, 1.82) is 0 Å². The summed E-state index contributed by atoms with van der Waals surface area (Å²) in [5.41, 5.74) is 4.33. The van der Waals surface area contributed by atoms with Gasteiger partial charge in [-0.3, -0.25) is 4.79 Å². The maximum atomic E-state index is 12.6. The molecule has 0 spiro atoms. The van der Waals surface area contributed by atoms with Crippen molar-refractivity contribution in [3.63, 3.8) is 0 Å². The number of nitrogens with one attached hydrogen (secondary N) is 2. The zero-order valence-corrected chi connectivity index (χ0v) is 18.1. The highest BCUT2D eigenvalue weighted by atomic mass is 16.5. The molecular formula is C24H27N5O2. The van der Waals surface area contributed by atoms with E-state index >= 15 is 0 Å². The normalized spacial score (nSPS) is 13.7. The largest absolute Gasteiger partial charge is 0.378 e. The van der Waals surface area contributed by atoms with E-state index in [-0.39, 0.29) is 5.91 Å². The number of benzene rings is 2. The minimum atomic E-state index is -0.108. The van der Waals surface area contributed by atoms with E-state index in [1.54, 1.807) is 0 Å². The summed E-state index contributed by atoms with van der Waals surface area (Å²) in [5.74, 6) is 2.24. The molecule has 0 unspecified atom stereocenters. The van der Waals surface area contributed by atoms with Crippen LogP contribution in [0.25, 0.3) is 0 Å².